The zero-order valence-electron chi connectivity index (χ0n) is 13.6. The summed E-state index contributed by atoms with van der Waals surface area (Å²) in [5, 5.41) is 0. The minimum Gasteiger partial charge on any atom is -0.360 e. The Morgan fingerprint density at radius 2 is 1.92 bits per heavy atom. The lowest BCUT2D eigenvalue weighted by molar-refractivity contribution is -0.131. The van der Waals surface area contributed by atoms with Crippen LogP contribution >= 0.6 is 0 Å². The highest BCUT2D eigenvalue weighted by atomic mass is 16.2. The van der Waals surface area contributed by atoms with Crippen LogP contribution in [-0.2, 0) is 11.2 Å². The second-order valence-corrected chi connectivity index (χ2v) is 6.46. The molecule has 1 saturated heterocycles. The molecule has 1 aliphatic rings. The third kappa shape index (κ3) is 2.92. The van der Waals surface area contributed by atoms with Gasteiger partial charge in [-0.15, -0.1) is 0 Å². The number of nitrogens with zero attached hydrogens (tertiary/aromatic N) is 2. The van der Waals surface area contributed by atoms with Gasteiger partial charge in [-0.05, 0) is 42.0 Å². The maximum atomic E-state index is 12.5. The minimum absolute atomic E-state index is 0.233. The summed E-state index contributed by atoms with van der Waals surface area (Å²) in [6.45, 7) is 1.66. The van der Waals surface area contributed by atoms with Crippen LogP contribution in [0.25, 0.3) is 11.0 Å². The topological polar surface area (TPSA) is 49.0 Å². The Morgan fingerprint density at radius 3 is 2.71 bits per heavy atom. The van der Waals surface area contributed by atoms with Crippen LogP contribution in [-0.4, -0.2) is 33.9 Å². The molecule has 1 amide bonds. The SMILES string of the molecule is O=C(Cc1ccccc1)N1CCC(c2c[nH]c3cccnc23)CC1. The number of likely N-dealkylation sites (tertiary alicyclic amines) is 1. The van der Waals surface area contributed by atoms with E-state index < -0.39 is 0 Å². The monoisotopic (exact) mass is 319 g/mol. The van der Waals surface area contributed by atoms with Crippen molar-refractivity contribution in [2.75, 3.05) is 13.1 Å². The molecule has 1 aromatic carbocycles. The average Bonchev–Trinajstić information content (AvgIpc) is 3.07. The summed E-state index contributed by atoms with van der Waals surface area (Å²) >= 11 is 0. The van der Waals surface area contributed by atoms with Gasteiger partial charge in [0.05, 0.1) is 17.5 Å². The number of aromatic amines is 1. The van der Waals surface area contributed by atoms with E-state index in [0.717, 1.165) is 42.5 Å². The zero-order valence-corrected chi connectivity index (χ0v) is 13.6. The summed E-state index contributed by atoms with van der Waals surface area (Å²) in [5.74, 6) is 0.714. The number of hydrogen-bond acceptors (Lipinski definition) is 2. The van der Waals surface area contributed by atoms with Gasteiger partial charge in [0.15, 0.2) is 0 Å². The third-order valence-electron chi connectivity index (χ3n) is 4.95. The maximum absolute atomic E-state index is 12.5. The van der Waals surface area contributed by atoms with E-state index in [1.165, 1.54) is 5.56 Å². The first-order valence-electron chi connectivity index (χ1n) is 8.55. The molecule has 3 aromatic rings. The number of fused-ring (bicyclic) bond motifs is 1. The van der Waals surface area contributed by atoms with E-state index in [2.05, 4.69) is 22.2 Å². The molecular weight excluding hydrogens is 298 g/mol. The Balaban J connectivity index is 1.41. The molecule has 4 heteroatoms. The summed E-state index contributed by atoms with van der Waals surface area (Å²) in [6, 6.07) is 14.0. The lowest BCUT2D eigenvalue weighted by Crippen LogP contribution is -2.38. The molecule has 0 atom stereocenters. The lowest BCUT2D eigenvalue weighted by atomic mass is 9.90. The molecule has 1 N–H and O–H groups in total. The summed E-state index contributed by atoms with van der Waals surface area (Å²) in [7, 11) is 0. The number of benzene rings is 1. The molecule has 122 valence electrons. The molecule has 1 aliphatic heterocycles. The van der Waals surface area contributed by atoms with Crippen molar-refractivity contribution in [3.63, 3.8) is 0 Å². The molecule has 0 bridgehead atoms. The molecule has 4 nitrogen and oxygen atoms in total. The predicted octanol–water partition coefficient (Wildman–Crippen LogP) is 3.51. The van der Waals surface area contributed by atoms with Crippen LogP contribution in [0.15, 0.2) is 54.9 Å². The minimum atomic E-state index is 0.233. The Hall–Kier alpha value is -2.62. The van der Waals surface area contributed by atoms with Crippen molar-refractivity contribution in [2.24, 2.45) is 0 Å². The van der Waals surface area contributed by atoms with Gasteiger partial charge in [-0.3, -0.25) is 9.78 Å². The average molecular weight is 319 g/mol. The molecule has 0 spiro atoms. The standard InChI is InChI=1S/C20H21N3O/c24-19(13-15-5-2-1-3-6-15)23-11-8-16(9-12-23)17-14-22-18-7-4-10-21-20(17)18/h1-7,10,14,16,22H,8-9,11-13H2. The Labute approximate surface area is 141 Å². The zero-order chi connectivity index (χ0) is 16.4. The largest absolute Gasteiger partial charge is 0.360 e. The summed E-state index contributed by atoms with van der Waals surface area (Å²) in [6.07, 6.45) is 6.44. The number of amides is 1. The number of carbonyl (C=O) groups excluding carboxylic acids is 1. The van der Waals surface area contributed by atoms with Gasteiger partial charge >= 0.3 is 0 Å². The van der Waals surface area contributed by atoms with E-state index in [1.54, 1.807) is 0 Å². The fourth-order valence-electron chi connectivity index (χ4n) is 3.61. The van der Waals surface area contributed by atoms with E-state index in [4.69, 9.17) is 0 Å². The number of hydrogen-bond donors (Lipinski definition) is 1. The van der Waals surface area contributed by atoms with Gasteiger partial charge < -0.3 is 9.88 Å². The van der Waals surface area contributed by atoms with Gasteiger partial charge in [-0.2, -0.15) is 0 Å². The van der Waals surface area contributed by atoms with Gasteiger partial charge in [0.1, 0.15) is 0 Å². The van der Waals surface area contributed by atoms with Gasteiger partial charge in [-0.1, -0.05) is 30.3 Å². The van der Waals surface area contributed by atoms with E-state index in [1.807, 2.05) is 47.5 Å². The molecule has 2 aromatic heterocycles. The first kappa shape index (κ1) is 14.9. The van der Waals surface area contributed by atoms with E-state index >= 15 is 0 Å². The van der Waals surface area contributed by atoms with Crippen molar-refractivity contribution in [2.45, 2.75) is 25.2 Å². The number of pyridine rings is 1. The maximum Gasteiger partial charge on any atom is 0.226 e. The smallest absolute Gasteiger partial charge is 0.226 e. The number of rotatable bonds is 3. The molecule has 0 saturated carbocycles. The highest BCUT2D eigenvalue weighted by Gasteiger charge is 2.25. The van der Waals surface area contributed by atoms with Gasteiger partial charge in [-0.25, -0.2) is 0 Å². The first-order chi connectivity index (χ1) is 11.8. The summed E-state index contributed by atoms with van der Waals surface area (Å²) < 4.78 is 0. The normalized spacial score (nSPS) is 15.8. The molecule has 3 heterocycles. The summed E-state index contributed by atoms with van der Waals surface area (Å²) in [5.41, 5.74) is 4.55. The van der Waals surface area contributed by atoms with Crippen molar-refractivity contribution in [1.29, 1.82) is 0 Å². The van der Waals surface area contributed by atoms with Crippen molar-refractivity contribution < 1.29 is 4.79 Å². The fourth-order valence-corrected chi connectivity index (χ4v) is 3.61. The molecule has 0 aliphatic carbocycles. The van der Waals surface area contributed by atoms with Crippen molar-refractivity contribution in [3.05, 3.63) is 66.0 Å². The van der Waals surface area contributed by atoms with Gasteiger partial charge in [0.25, 0.3) is 0 Å². The van der Waals surface area contributed by atoms with Gasteiger partial charge in [0.2, 0.25) is 5.91 Å². The lowest BCUT2D eigenvalue weighted by Gasteiger charge is -2.32. The second kappa shape index (κ2) is 6.48. The Morgan fingerprint density at radius 1 is 1.12 bits per heavy atom. The highest BCUT2D eigenvalue weighted by molar-refractivity contribution is 5.80. The van der Waals surface area contributed by atoms with Crippen molar-refractivity contribution in [1.82, 2.24) is 14.9 Å². The quantitative estimate of drug-likeness (QED) is 0.803. The summed E-state index contributed by atoms with van der Waals surface area (Å²) in [4.78, 5) is 22.3. The molecular formula is C20H21N3O. The number of nitrogens with one attached hydrogen (secondary N) is 1. The molecule has 24 heavy (non-hydrogen) atoms. The van der Waals surface area contributed by atoms with Crippen LogP contribution < -0.4 is 0 Å². The van der Waals surface area contributed by atoms with Crippen LogP contribution in [0, 0.1) is 0 Å². The van der Waals surface area contributed by atoms with E-state index in [-0.39, 0.29) is 5.91 Å². The van der Waals surface area contributed by atoms with Crippen molar-refractivity contribution in [3.8, 4) is 0 Å². The van der Waals surface area contributed by atoms with E-state index in [9.17, 15) is 4.79 Å². The second-order valence-electron chi connectivity index (χ2n) is 6.46. The molecule has 0 unspecified atom stereocenters. The molecule has 4 rings (SSSR count). The predicted molar refractivity (Wildman–Crippen MR) is 94.8 cm³/mol. The number of aromatic nitrogens is 2. The number of carbonyl (C=O) groups is 1. The third-order valence-corrected chi connectivity index (χ3v) is 4.95. The van der Waals surface area contributed by atoms with Crippen LogP contribution in [0.4, 0.5) is 0 Å². The van der Waals surface area contributed by atoms with Crippen LogP contribution in [0.5, 0.6) is 0 Å². The first-order valence-corrected chi connectivity index (χ1v) is 8.55. The van der Waals surface area contributed by atoms with Crippen LogP contribution in [0.3, 0.4) is 0 Å². The highest BCUT2D eigenvalue weighted by Crippen LogP contribution is 2.32. The number of H-pyrrole nitrogens is 1. The van der Waals surface area contributed by atoms with Crippen LogP contribution in [0.1, 0.15) is 29.9 Å². The van der Waals surface area contributed by atoms with E-state index in [0.29, 0.717) is 12.3 Å². The Bertz CT molecular complexity index is 832. The van der Waals surface area contributed by atoms with Crippen LogP contribution in [0.2, 0.25) is 0 Å². The van der Waals surface area contributed by atoms with Gasteiger partial charge in [0, 0.05) is 25.5 Å². The molecule has 1 fully saturated rings. The van der Waals surface area contributed by atoms with Crippen molar-refractivity contribution >= 4 is 16.9 Å². The number of piperidine rings is 1. The molecule has 0 radical (unpaired) electrons. The Kier molecular flexibility index (Phi) is 4.03. The fraction of sp³-hybridized carbons (Fsp3) is 0.300.